The monoisotopic (exact) mass is 272 g/mol. The van der Waals surface area contributed by atoms with Gasteiger partial charge in [0.2, 0.25) is 0 Å². The maximum Gasteiger partial charge on any atom is 0.341 e. The first-order chi connectivity index (χ1) is 9.58. The summed E-state index contributed by atoms with van der Waals surface area (Å²) in [6.07, 6.45) is 0. The Kier molecular flexibility index (Phi) is 4.00. The molecule has 20 heavy (non-hydrogen) atoms. The van der Waals surface area contributed by atoms with Crippen molar-refractivity contribution in [3.05, 3.63) is 59.7 Å². The van der Waals surface area contributed by atoms with E-state index in [4.69, 9.17) is 9.84 Å². The third-order valence-corrected chi connectivity index (χ3v) is 2.61. The highest BCUT2D eigenvalue weighted by molar-refractivity contribution is 6.10. The van der Waals surface area contributed by atoms with Crippen LogP contribution < -0.4 is 4.74 Å². The minimum atomic E-state index is -1.12. The lowest BCUT2D eigenvalue weighted by Gasteiger charge is -2.07. The van der Waals surface area contributed by atoms with Crippen LogP contribution in [0.2, 0.25) is 0 Å². The molecule has 0 atom stereocenters. The zero-order valence-electron chi connectivity index (χ0n) is 10.4. The molecule has 0 unspecified atom stereocenters. The number of ketones is 1. The number of carbonyl (C=O) groups excluding carboxylic acids is 1. The molecule has 0 aliphatic heterocycles. The van der Waals surface area contributed by atoms with Crippen molar-refractivity contribution in [2.45, 2.75) is 0 Å². The van der Waals surface area contributed by atoms with E-state index in [1.54, 1.807) is 30.3 Å². The zero-order valence-corrected chi connectivity index (χ0v) is 10.4. The van der Waals surface area contributed by atoms with Gasteiger partial charge in [-0.2, -0.15) is 0 Å². The number of carbonyl (C=O) groups is 2. The number of aliphatic carboxylic acids is 1. The Hall–Kier alpha value is -2.82. The minimum absolute atomic E-state index is 0.138. The van der Waals surface area contributed by atoms with E-state index in [1.807, 2.05) is 0 Å². The summed E-state index contributed by atoms with van der Waals surface area (Å²) in [5.41, 5.74) is 0.598. The number of hydrogen-bond acceptors (Lipinski definition) is 4. The first kappa shape index (κ1) is 13.6. The predicted octanol–water partition coefficient (Wildman–Crippen LogP) is 2.09. The van der Waals surface area contributed by atoms with Crippen LogP contribution in [0.1, 0.15) is 15.9 Å². The van der Waals surface area contributed by atoms with Crippen LogP contribution in [0.4, 0.5) is 0 Å². The minimum Gasteiger partial charge on any atom is -0.507 e. The van der Waals surface area contributed by atoms with Crippen LogP contribution in [0.3, 0.4) is 0 Å². The summed E-state index contributed by atoms with van der Waals surface area (Å²) in [5.74, 6) is -1.49. The molecule has 5 heteroatoms. The SMILES string of the molecule is O=C(O)COc1ccc(C(=O)c2ccccc2)c(O)c1. The standard InChI is InChI=1S/C15H12O5/c16-13-8-11(20-9-14(17)18)6-7-12(13)15(19)10-4-2-1-3-5-10/h1-8,16H,9H2,(H,17,18). The average molecular weight is 272 g/mol. The lowest BCUT2D eigenvalue weighted by molar-refractivity contribution is -0.139. The van der Waals surface area contributed by atoms with Crippen LogP contribution >= 0.6 is 0 Å². The van der Waals surface area contributed by atoms with Gasteiger partial charge in [-0.25, -0.2) is 4.79 Å². The molecule has 102 valence electrons. The molecule has 2 aromatic carbocycles. The van der Waals surface area contributed by atoms with Gasteiger partial charge >= 0.3 is 5.97 Å². The molecule has 0 heterocycles. The number of ether oxygens (including phenoxy) is 1. The van der Waals surface area contributed by atoms with Crippen molar-refractivity contribution in [3.63, 3.8) is 0 Å². The maximum absolute atomic E-state index is 12.1. The van der Waals surface area contributed by atoms with E-state index in [9.17, 15) is 14.7 Å². The van der Waals surface area contributed by atoms with Crippen molar-refractivity contribution in [1.29, 1.82) is 0 Å². The zero-order chi connectivity index (χ0) is 14.5. The number of carboxylic acid groups (broad SMARTS) is 1. The number of phenols is 1. The highest BCUT2D eigenvalue weighted by atomic mass is 16.5. The number of rotatable bonds is 5. The Balaban J connectivity index is 2.22. The second-order valence-corrected chi connectivity index (χ2v) is 4.06. The quantitative estimate of drug-likeness (QED) is 0.814. The topological polar surface area (TPSA) is 83.8 Å². The Morgan fingerprint density at radius 3 is 2.35 bits per heavy atom. The molecule has 0 spiro atoms. The molecule has 0 saturated heterocycles. The van der Waals surface area contributed by atoms with Gasteiger partial charge in [-0.1, -0.05) is 30.3 Å². The number of carboxylic acids is 1. The summed E-state index contributed by atoms with van der Waals surface area (Å²) >= 11 is 0. The van der Waals surface area contributed by atoms with Gasteiger partial charge in [0.25, 0.3) is 0 Å². The van der Waals surface area contributed by atoms with E-state index in [-0.39, 0.29) is 22.8 Å². The molecule has 2 rings (SSSR count). The molecule has 0 amide bonds. The highest BCUT2D eigenvalue weighted by Gasteiger charge is 2.14. The van der Waals surface area contributed by atoms with E-state index >= 15 is 0 Å². The largest absolute Gasteiger partial charge is 0.507 e. The smallest absolute Gasteiger partial charge is 0.341 e. The molecular weight excluding hydrogens is 260 g/mol. The first-order valence-corrected chi connectivity index (χ1v) is 5.85. The molecule has 2 aromatic rings. The molecule has 0 bridgehead atoms. The Bertz CT molecular complexity index is 634. The van der Waals surface area contributed by atoms with E-state index in [0.717, 1.165) is 0 Å². The predicted molar refractivity (Wildman–Crippen MR) is 71.1 cm³/mol. The van der Waals surface area contributed by atoms with Crippen LogP contribution in [-0.2, 0) is 4.79 Å². The third-order valence-electron chi connectivity index (χ3n) is 2.61. The number of hydrogen-bond donors (Lipinski definition) is 2. The lowest BCUT2D eigenvalue weighted by atomic mass is 10.0. The third kappa shape index (κ3) is 3.14. The number of benzene rings is 2. The normalized spacial score (nSPS) is 10.0. The number of aromatic hydroxyl groups is 1. The van der Waals surface area contributed by atoms with E-state index in [1.165, 1.54) is 18.2 Å². The van der Waals surface area contributed by atoms with Crippen LogP contribution in [-0.4, -0.2) is 28.6 Å². The van der Waals surface area contributed by atoms with Gasteiger partial charge in [0.15, 0.2) is 12.4 Å². The second kappa shape index (κ2) is 5.88. The lowest BCUT2D eigenvalue weighted by Crippen LogP contribution is -2.09. The van der Waals surface area contributed by atoms with Crippen molar-refractivity contribution in [1.82, 2.24) is 0 Å². The fraction of sp³-hybridized carbons (Fsp3) is 0.0667. The van der Waals surface area contributed by atoms with Gasteiger partial charge < -0.3 is 14.9 Å². The van der Waals surface area contributed by atoms with E-state index in [2.05, 4.69) is 0 Å². The molecule has 0 aromatic heterocycles. The fourth-order valence-corrected chi connectivity index (χ4v) is 1.68. The second-order valence-electron chi connectivity index (χ2n) is 4.06. The van der Waals surface area contributed by atoms with Gasteiger partial charge in [-0.05, 0) is 12.1 Å². The van der Waals surface area contributed by atoms with E-state index < -0.39 is 12.6 Å². The van der Waals surface area contributed by atoms with Crippen LogP contribution in [0.15, 0.2) is 48.5 Å². The van der Waals surface area contributed by atoms with Gasteiger partial charge in [-0.3, -0.25) is 4.79 Å². The van der Waals surface area contributed by atoms with E-state index in [0.29, 0.717) is 5.56 Å². The molecule has 0 fully saturated rings. The number of phenolic OH excluding ortho intramolecular Hbond substituents is 1. The fourth-order valence-electron chi connectivity index (χ4n) is 1.68. The van der Waals surface area contributed by atoms with Gasteiger partial charge in [0.1, 0.15) is 11.5 Å². The Morgan fingerprint density at radius 2 is 1.75 bits per heavy atom. The van der Waals surface area contributed by atoms with Gasteiger partial charge in [0, 0.05) is 11.6 Å². The molecule has 2 N–H and O–H groups in total. The van der Waals surface area contributed by atoms with Crippen molar-refractivity contribution < 1.29 is 24.5 Å². The Labute approximate surface area is 115 Å². The van der Waals surface area contributed by atoms with Crippen molar-refractivity contribution in [2.24, 2.45) is 0 Å². The summed E-state index contributed by atoms with van der Waals surface area (Å²) in [5, 5.41) is 18.3. The van der Waals surface area contributed by atoms with Crippen molar-refractivity contribution in [2.75, 3.05) is 6.61 Å². The molecular formula is C15H12O5. The summed E-state index contributed by atoms with van der Waals surface area (Å²) < 4.78 is 4.92. The summed E-state index contributed by atoms with van der Waals surface area (Å²) in [6.45, 7) is -0.509. The van der Waals surface area contributed by atoms with Gasteiger partial charge in [0.05, 0.1) is 5.56 Å². The van der Waals surface area contributed by atoms with Crippen LogP contribution in [0.5, 0.6) is 11.5 Å². The summed E-state index contributed by atoms with van der Waals surface area (Å²) in [6, 6.07) is 12.6. The molecule has 0 aliphatic carbocycles. The maximum atomic E-state index is 12.1. The van der Waals surface area contributed by atoms with Crippen LogP contribution in [0, 0.1) is 0 Å². The summed E-state index contributed by atoms with van der Waals surface area (Å²) in [7, 11) is 0. The summed E-state index contributed by atoms with van der Waals surface area (Å²) in [4.78, 5) is 22.5. The van der Waals surface area contributed by atoms with Crippen molar-refractivity contribution >= 4 is 11.8 Å². The first-order valence-electron chi connectivity index (χ1n) is 5.85. The van der Waals surface area contributed by atoms with Gasteiger partial charge in [-0.15, -0.1) is 0 Å². The average Bonchev–Trinajstić information content (AvgIpc) is 2.45. The molecule has 0 saturated carbocycles. The molecule has 0 radical (unpaired) electrons. The van der Waals surface area contributed by atoms with Crippen LogP contribution in [0.25, 0.3) is 0 Å². The highest BCUT2D eigenvalue weighted by Crippen LogP contribution is 2.25. The molecule has 5 nitrogen and oxygen atoms in total. The Morgan fingerprint density at radius 1 is 1.05 bits per heavy atom. The molecule has 0 aliphatic rings. The van der Waals surface area contributed by atoms with Crippen molar-refractivity contribution in [3.8, 4) is 11.5 Å².